The second kappa shape index (κ2) is 5.14. The number of nitrogens with two attached hydrogens (primary N) is 1. The van der Waals surface area contributed by atoms with Crippen molar-refractivity contribution in [2.45, 2.75) is 45.1 Å². The predicted octanol–water partition coefficient (Wildman–Crippen LogP) is 2.44. The quantitative estimate of drug-likeness (QED) is 0.751. The predicted molar refractivity (Wildman–Crippen MR) is 66.1 cm³/mol. The van der Waals surface area contributed by atoms with Crippen molar-refractivity contribution in [3.63, 3.8) is 0 Å². The molecule has 1 heterocycles. The average Bonchev–Trinajstić information content (AvgIpc) is 2.47. The van der Waals surface area contributed by atoms with E-state index in [1.54, 1.807) is 12.4 Å². The highest BCUT2D eigenvalue weighted by Crippen LogP contribution is 2.24. The van der Waals surface area contributed by atoms with E-state index in [0.29, 0.717) is 11.9 Å². The second-order valence-electron chi connectivity index (χ2n) is 4.78. The fraction of sp³-hybridized carbons (Fsp3) is 0.667. The van der Waals surface area contributed by atoms with Gasteiger partial charge in [0.15, 0.2) is 0 Å². The first-order valence-electron chi connectivity index (χ1n) is 6.08. The van der Waals surface area contributed by atoms with Gasteiger partial charge in [-0.25, -0.2) is 9.97 Å². The van der Waals surface area contributed by atoms with Crippen molar-refractivity contribution < 1.29 is 0 Å². The summed E-state index contributed by atoms with van der Waals surface area (Å²) in [6.45, 7) is 2.34. The van der Waals surface area contributed by atoms with Gasteiger partial charge in [0.25, 0.3) is 0 Å². The summed E-state index contributed by atoms with van der Waals surface area (Å²) in [5.41, 5.74) is 5.50. The Bertz CT molecular complexity index is 322. The Morgan fingerprint density at radius 3 is 2.81 bits per heavy atom. The third-order valence-electron chi connectivity index (χ3n) is 3.28. The van der Waals surface area contributed by atoms with Crippen molar-refractivity contribution in [3.05, 3.63) is 12.4 Å². The first kappa shape index (κ1) is 11.2. The summed E-state index contributed by atoms with van der Waals surface area (Å²) in [4.78, 5) is 8.26. The summed E-state index contributed by atoms with van der Waals surface area (Å²) >= 11 is 0. The van der Waals surface area contributed by atoms with Gasteiger partial charge >= 0.3 is 0 Å². The Kier molecular flexibility index (Phi) is 3.59. The third kappa shape index (κ3) is 3.08. The normalized spacial score (nSPS) is 26.1. The second-order valence-corrected chi connectivity index (χ2v) is 4.78. The van der Waals surface area contributed by atoms with Crippen LogP contribution >= 0.6 is 0 Å². The summed E-state index contributed by atoms with van der Waals surface area (Å²) in [5, 5.41) is 3.44. The highest BCUT2D eigenvalue weighted by Gasteiger charge is 2.16. The van der Waals surface area contributed by atoms with Crippen LogP contribution in [-0.2, 0) is 0 Å². The number of nitrogens with one attached hydrogen (secondary N) is 1. The highest BCUT2D eigenvalue weighted by atomic mass is 15.0. The smallest absolute Gasteiger partial charge is 0.144 e. The highest BCUT2D eigenvalue weighted by molar-refractivity contribution is 5.36. The zero-order valence-corrected chi connectivity index (χ0v) is 9.82. The molecule has 1 aliphatic carbocycles. The van der Waals surface area contributed by atoms with Crippen molar-refractivity contribution in [2.24, 2.45) is 5.92 Å². The Morgan fingerprint density at radius 2 is 2.06 bits per heavy atom. The largest absolute Gasteiger partial charge is 0.382 e. The summed E-state index contributed by atoms with van der Waals surface area (Å²) in [5.74, 6) is 2.18. The lowest BCUT2D eigenvalue weighted by atomic mass is 10.0. The van der Waals surface area contributed by atoms with Gasteiger partial charge in [-0.05, 0) is 25.2 Å². The van der Waals surface area contributed by atoms with E-state index in [2.05, 4.69) is 22.2 Å². The van der Waals surface area contributed by atoms with Crippen LogP contribution in [-0.4, -0.2) is 16.0 Å². The fourth-order valence-corrected chi connectivity index (χ4v) is 2.25. The standard InChI is InChI=1S/C12H20N4/c1-9-3-2-4-10(6-5-9)16-12-8-14-11(13)7-15-12/h7-10H,2-6H2,1H3,(H2,13,14)(H,15,16). The molecule has 0 bridgehead atoms. The van der Waals surface area contributed by atoms with E-state index in [-0.39, 0.29) is 0 Å². The van der Waals surface area contributed by atoms with E-state index in [1.807, 2.05) is 0 Å². The van der Waals surface area contributed by atoms with Crippen LogP contribution in [0.25, 0.3) is 0 Å². The van der Waals surface area contributed by atoms with Crippen molar-refractivity contribution in [2.75, 3.05) is 11.1 Å². The van der Waals surface area contributed by atoms with E-state index >= 15 is 0 Å². The summed E-state index contributed by atoms with van der Waals surface area (Å²) in [6, 6.07) is 0.544. The van der Waals surface area contributed by atoms with Crippen molar-refractivity contribution in [1.82, 2.24) is 9.97 Å². The molecule has 1 aromatic rings. The third-order valence-corrected chi connectivity index (χ3v) is 3.28. The molecule has 4 nitrogen and oxygen atoms in total. The maximum absolute atomic E-state index is 5.50. The van der Waals surface area contributed by atoms with Gasteiger partial charge in [0.1, 0.15) is 11.6 Å². The molecule has 0 amide bonds. The molecule has 0 radical (unpaired) electrons. The number of aromatic nitrogens is 2. The van der Waals surface area contributed by atoms with Crippen LogP contribution in [0.2, 0.25) is 0 Å². The van der Waals surface area contributed by atoms with E-state index in [9.17, 15) is 0 Å². The fourth-order valence-electron chi connectivity index (χ4n) is 2.25. The van der Waals surface area contributed by atoms with Gasteiger partial charge in [-0.2, -0.15) is 0 Å². The Hall–Kier alpha value is -1.32. The maximum Gasteiger partial charge on any atom is 0.144 e. The zero-order valence-electron chi connectivity index (χ0n) is 9.82. The van der Waals surface area contributed by atoms with Gasteiger partial charge in [-0.1, -0.05) is 19.8 Å². The summed E-state index contributed by atoms with van der Waals surface area (Å²) in [7, 11) is 0. The van der Waals surface area contributed by atoms with Gasteiger partial charge in [0, 0.05) is 6.04 Å². The Balaban J connectivity index is 1.91. The van der Waals surface area contributed by atoms with Gasteiger partial charge in [-0.15, -0.1) is 0 Å². The number of nitrogen functional groups attached to an aromatic ring is 1. The molecule has 2 unspecified atom stereocenters. The minimum Gasteiger partial charge on any atom is -0.382 e. The molecule has 1 aromatic heterocycles. The van der Waals surface area contributed by atoms with Gasteiger partial charge in [0.05, 0.1) is 12.4 Å². The molecule has 2 rings (SSSR count). The van der Waals surface area contributed by atoms with Crippen LogP contribution in [0.15, 0.2) is 12.4 Å². The van der Waals surface area contributed by atoms with E-state index < -0.39 is 0 Å². The minimum absolute atomic E-state index is 0.472. The molecule has 1 fully saturated rings. The number of hydrogen-bond donors (Lipinski definition) is 2. The maximum atomic E-state index is 5.50. The lowest BCUT2D eigenvalue weighted by Gasteiger charge is -2.16. The van der Waals surface area contributed by atoms with Crippen LogP contribution in [0.3, 0.4) is 0 Å². The van der Waals surface area contributed by atoms with Crippen LogP contribution in [0.1, 0.15) is 39.0 Å². The molecule has 1 saturated carbocycles. The zero-order chi connectivity index (χ0) is 11.4. The lowest BCUT2D eigenvalue weighted by Crippen LogP contribution is -2.19. The van der Waals surface area contributed by atoms with E-state index in [1.165, 1.54) is 32.1 Å². The van der Waals surface area contributed by atoms with Gasteiger partial charge < -0.3 is 11.1 Å². The van der Waals surface area contributed by atoms with Gasteiger partial charge in [-0.3, -0.25) is 0 Å². The van der Waals surface area contributed by atoms with Gasteiger partial charge in [0.2, 0.25) is 0 Å². The molecule has 1 aliphatic rings. The molecular formula is C12H20N4. The lowest BCUT2D eigenvalue weighted by molar-refractivity contribution is 0.502. The molecule has 4 heteroatoms. The number of hydrogen-bond acceptors (Lipinski definition) is 4. The van der Waals surface area contributed by atoms with Crippen LogP contribution in [0.4, 0.5) is 11.6 Å². The molecule has 2 atom stereocenters. The molecular weight excluding hydrogens is 200 g/mol. The number of anilines is 2. The first-order chi connectivity index (χ1) is 7.74. The Labute approximate surface area is 96.7 Å². The van der Waals surface area contributed by atoms with E-state index in [0.717, 1.165) is 11.7 Å². The topological polar surface area (TPSA) is 63.8 Å². The average molecular weight is 220 g/mol. The number of nitrogens with zero attached hydrogens (tertiary/aromatic N) is 2. The monoisotopic (exact) mass is 220 g/mol. The Morgan fingerprint density at radius 1 is 1.19 bits per heavy atom. The molecule has 3 N–H and O–H groups in total. The SMILES string of the molecule is CC1CCCC(Nc2cnc(N)cn2)CC1. The molecule has 88 valence electrons. The van der Waals surface area contributed by atoms with Crippen LogP contribution in [0.5, 0.6) is 0 Å². The molecule has 0 saturated heterocycles. The molecule has 0 spiro atoms. The van der Waals surface area contributed by atoms with Crippen LogP contribution < -0.4 is 11.1 Å². The van der Waals surface area contributed by atoms with Crippen LogP contribution in [0, 0.1) is 5.92 Å². The molecule has 16 heavy (non-hydrogen) atoms. The minimum atomic E-state index is 0.472. The summed E-state index contributed by atoms with van der Waals surface area (Å²) in [6.07, 6.45) is 9.74. The van der Waals surface area contributed by atoms with Crippen molar-refractivity contribution >= 4 is 11.6 Å². The molecule has 0 aromatic carbocycles. The summed E-state index contributed by atoms with van der Waals surface area (Å²) < 4.78 is 0. The van der Waals surface area contributed by atoms with E-state index in [4.69, 9.17) is 5.73 Å². The van der Waals surface area contributed by atoms with Crippen molar-refractivity contribution in [3.8, 4) is 0 Å². The molecule has 0 aliphatic heterocycles. The number of rotatable bonds is 2. The van der Waals surface area contributed by atoms with Crippen molar-refractivity contribution in [1.29, 1.82) is 0 Å². The first-order valence-corrected chi connectivity index (χ1v) is 6.08.